The Balaban J connectivity index is 2.79. The average molecular weight is 145 g/mol. The summed E-state index contributed by atoms with van der Waals surface area (Å²) in [4.78, 5) is 11.5. The van der Waals surface area contributed by atoms with Crippen LogP contribution in [0.3, 0.4) is 0 Å². The van der Waals surface area contributed by atoms with Crippen molar-refractivity contribution >= 4 is 5.78 Å². The van der Waals surface area contributed by atoms with E-state index in [2.05, 4.69) is 15.0 Å². The minimum absolute atomic E-state index is 0.142. The molecule has 11 heavy (non-hydrogen) atoms. The summed E-state index contributed by atoms with van der Waals surface area (Å²) in [6, 6.07) is 1.83. The van der Waals surface area contributed by atoms with Gasteiger partial charge in [0.1, 0.15) is 12.4 Å². The van der Waals surface area contributed by atoms with Gasteiger partial charge in [-0.2, -0.15) is 10.2 Å². The summed E-state index contributed by atoms with van der Waals surface area (Å²) in [7, 11) is 0. The molecular weight excluding hydrogens is 142 g/mol. The Morgan fingerprint density at radius 3 is 3.18 bits per heavy atom. The van der Waals surface area contributed by atoms with Gasteiger partial charge in [0, 0.05) is 12.4 Å². The number of hydrogen-bond acceptors (Lipinski definition) is 4. The molecule has 0 N–H and O–H groups in total. The number of hydrogen-bond donors (Lipinski definition) is 0. The number of nitriles is 1. The quantitative estimate of drug-likeness (QED) is 0.523. The molecule has 5 nitrogen and oxygen atoms in total. The van der Waals surface area contributed by atoms with Crippen molar-refractivity contribution < 1.29 is 0 Å². The first-order valence-electron chi connectivity index (χ1n) is 2.96. The van der Waals surface area contributed by atoms with Gasteiger partial charge in [-0.3, -0.25) is 4.40 Å². The first-order chi connectivity index (χ1) is 5.40. The number of rotatable bonds is 0. The fourth-order valence-corrected chi connectivity index (χ4v) is 0.776. The smallest absolute Gasteiger partial charge is 0.237 e. The standard InChI is InChI=1S/C6H3N5/c7-3-5-9-4-11-2-1-8-6(11)10-5/h1-2,4H. The van der Waals surface area contributed by atoms with Crippen LogP contribution in [0.5, 0.6) is 0 Å². The molecular formula is C6H3N5. The minimum Gasteiger partial charge on any atom is -0.274 e. The Labute approximate surface area is 62.0 Å². The topological polar surface area (TPSA) is 66.9 Å². The predicted molar refractivity (Wildman–Crippen MR) is 35.5 cm³/mol. The fraction of sp³-hybridized carbons (Fsp3) is 0. The second-order valence-corrected chi connectivity index (χ2v) is 1.93. The van der Waals surface area contributed by atoms with Crippen molar-refractivity contribution in [1.82, 2.24) is 19.4 Å². The van der Waals surface area contributed by atoms with Gasteiger partial charge in [-0.1, -0.05) is 0 Å². The van der Waals surface area contributed by atoms with Gasteiger partial charge in [-0.15, -0.1) is 0 Å². The van der Waals surface area contributed by atoms with Crippen LogP contribution < -0.4 is 0 Å². The zero-order valence-electron chi connectivity index (χ0n) is 5.47. The zero-order chi connectivity index (χ0) is 7.68. The van der Waals surface area contributed by atoms with Gasteiger partial charge in [-0.05, 0) is 0 Å². The second-order valence-electron chi connectivity index (χ2n) is 1.93. The maximum Gasteiger partial charge on any atom is 0.237 e. The van der Waals surface area contributed by atoms with Gasteiger partial charge < -0.3 is 0 Å². The highest BCUT2D eigenvalue weighted by Crippen LogP contribution is 1.93. The van der Waals surface area contributed by atoms with Crippen molar-refractivity contribution in [1.29, 1.82) is 5.26 Å². The van der Waals surface area contributed by atoms with Crippen LogP contribution in [0.4, 0.5) is 0 Å². The molecule has 5 heteroatoms. The maximum atomic E-state index is 8.42. The predicted octanol–water partition coefficient (Wildman–Crippen LogP) is -0.00402. The summed E-state index contributed by atoms with van der Waals surface area (Å²) in [6.07, 6.45) is 4.83. The summed E-state index contributed by atoms with van der Waals surface area (Å²) in [5.74, 6) is 0.639. The molecule has 0 aliphatic carbocycles. The van der Waals surface area contributed by atoms with Crippen molar-refractivity contribution in [3.8, 4) is 6.07 Å². The van der Waals surface area contributed by atoms with E-state index in [0.717, 1.165) is 0 Å². The van der Waals surface area contributed by atoms with Crippen LogP contribution in [-0.2, 0) is 0 Å². The molecule has 0 spiro atoms. The maximum absolute atomic E-state index is 8.42. The number of aromatic nitrogens is 4. The largest absolute Gasteiger partial charge is 0.274 e. The molecule has 0 saturated heterocycles. The van der Waals surface area contributed by atoms with Gasteiger partial charge in [0.15, 0.2) is 0 Å². The van der Waals surface area contributed by atoms with Crippen LogP contribution in [0.25, 0.3) is 5.78 Å². The highest BCUT2D eigenvalue weighted by molar-refractivity contribution is 5.28. The molecule has 2 heterocycles. The third-order valence-electron chi connectivity index (χ3n) is 1.26. The van der Waals surface area contributed by atoms with Gasteiger partial charge in [0.05, 0.1) is 0 Å². The lowest BCUT2D eigenvalue weighted by molar-refractivity contribution is 0.987. The second kappa shape index (κ2) is 2.02. The van der Waals surface area contributed by atoms with E-state index in [1.807, 2.05) is 6.07 Å². The van der Waals surface area contributed by atoms with Crippen molar-refractivity contribution in [2.75, 3.05) is 0 Å². The number of fused-ring (bicyclic) bond motifs is 1. The molecule has 0 amide bonds. The lowest BCUT2D eigenvalue weighted by Crippen LogP contribution is -1.94. The van der Waals surface area contributed by atoms with Gasteiger partial charge >= 0.3 is 0 Å². The van der Waals surface area contributed by atoms with Crippen molar-refractivity contribution in [3.05, 3.63) is 24.5 Å². The van der Waals surface area contributed by atoms with Crippen LogP contribution in [0.15, 0.2) is 18.7 Å². The highest BCUT2D eigenvalue weighted by Gasteiger charge is 1.96. The molecule has 0 atom stereocenters. The first-order valence-corrected chi connectivity index (χ1v) is 2.96. The molecule has 0 aromatic carbocycles. The number of nitrogens with zero attached hydrogens (tertiary/aromatic N) is 5. The summed E-state index contributed by atoms with van der Waals surface area (Å²) in [5.41, 5.74) is 0. The third-order valence-corrected chi connectivity index (χ3v) is 1.26. The lowest BCUT2D eigenvalue weighted by atomic mass is 10.7. The SMILES string of the molecule is N#Cc1ncn2ccnc2n1. The molecule has 52 valence electrons. The monoisotopic (exact) mass is 145 g/mol. The molecule has 0 fully saturated rings. The molecule has 0 aliphatic rings. The van der Waals surface area contributed by atoms with E-state index in [0.29, 0.717) is 5.78 Å². The minimum atomic E-state index is 0.142. The molecule has 2 aromatic rings. The van der Waals surface area contributed by atoms with Crippen LogP contribution >= 0.6 is 0 Å². The van der Waals surface area contributed by atoms with Crippen molar-refractivity contribution in [3.63, 3.8) is 0 Å². The zero-order valence-corrected chi connectivity index (χ0v) is 5.47. The van der Waals surface area contributed by atoms with E-state index in [9.17, 15) is 0 Å². The van der Waals surface area contributed by atoms with E-state index >= 15 is 0 Å². The first kappa shape index (κ1) is 5.80. The molecule has 2 rings (SSSR count). The van der Waals surface area contributed by atoms with Gasteiger partial charge in [0.2, 0.25) is 11.6 Å². The van der Waals surface area contributed by atoms with Crippen LogP contribution in [0.1, 0.15) is 5.82 Å². The van der Waals surface area contributed by atoms with E-state index < -0.39 is 0 Å². The number of imidazole rings is 1. The van der Waals surface area contributed by atoms with Crippen LogP contribution in [0.2, 0.25) is 0 Å². The van der Waals surface area contributed by atoms with E-state index in [1.54, 1.807) is 16.8 Å². The van der Waals surface area contributed by atoms with Crippen molar-refractivity contribution in [2.45, 2.75) is 0 Å². The Morgan fingerprint density at radius 2 is 2.36 bits per heavy atom. The van der Waals surface area contributed by atoms with Gasteiger partial charge in [0.25, 0.3) is 0 Å². The molecule has 0 bridgehead atoms. The Hall–Kier alpha value is -1.96. The highest BCUT2D eigenvalue weighted by atomic mass is 15.1. The summed E-state index contributed by atoms with van der Waals surface area (Å²) in [5, 5.41) is 8.42. The Kier molecular flexibility index (Phi) is 1.07. The summed E-state index contributed by atoms with van der Waals surface area (Å²) >= 11 is 0. The van der Waals surface area contributed by atoms with E-state index in [1.165, 1.54) is 6.33 Å². The molecule has 0 radical (unpaired) electrons. The molecule has 0 unspecified atom stereocenters. The molecule has 0 aliphatic heterocycles. The fourth-order valence-electron chi connectivity index (χ4n) is 0.776. The third kappa shape index (κ3) is 0.809. The van der Waals surface area contributed by atoms with Gasteiger partial charge in [-0.25, -0.2) is 9.97 Å². The van der Waals surface area contributed by atoms with E-state index in [4.69, 9.17) is 5.26 Å². The lowest BCUT2D eigenvalue weighted by Gasteiger charge is -1.88. The Morgan fingerprint density at radius 1 is 1.45 bits per heavy atom. The molecule has 2 aromatic heterocycles. The summed E-state index contributed by atoms with van der Waals surface area (Å²) < 4.78 is 1.64. The van der Waals surface area contributed by atoms with Crippen molar-refractivity contribution in [2.24, 2.45) is 0 Å². The summed E-state index contributed by atoms with van der Waals surface area (Å²) in [6.45, 7) is 0. The average Bonchev–Trinajstić information content (AvgIpc) is 2.50. The van der Waals surface area contributed by atoms with E-state index in [-0.39, 0.29) is 5.82 Å². The van der Waals surface area contributed by atoms with Crippen LogP contribution in [0, 0.1) is 11.3 Å². The molecule has 0 saturated carbocycles. The van der Waals surface area contributed by atoms with Crippen LogP contribution in [-0.4, -0.2) is 19.4 Å². The normalized spacial score (nSPS) is 9.73. The Bertz CT molecular complexity index is 424.